The van der Waals surface area contributed by atoms with Crippen molar-refractivity contribution in [3.8, 4) is 22.8 Å². The third kappa shape index (κ3) is 5.35. The van der Waals surface area contributed by atoms with Crippen LogP contribution in [0.3, 0.4) is 0 Å². The molecule has 0 spiro atoms. The maximum absolute atomic E-state index is 15.4. The van der Waals surface area contributed by atoms with Crippen LogP contribution in [0.4, 0.5) is 8.78 Å². The number of fused-ring (bicyclic) bond motifs is 2. The zero-order valence-corrected chi connectivity index (χ0v) is 26.1. The fourth-order valence-corrected chi connectivity index (χ4v) is 6.23. The molecule has 7 rings (SSSR count). The van der Waals surface area contributed by atoms with E-state index >= 15 is 4.39 Å². The minimum Gasteiger partial charge on any atom is -0.489 e. The smallest absolute Gasteiger partial charge is 0.251 e. The number of pyridine rings is 1. The van der Waals surface area contributed by atoms with E-state index in [4.69, 9.17) is 26.8 Å². The van der Waals surface area contributed by atoms with Crippen LogP contribution in [0.1, 0.15) is 60.3 Å². The van der Waals surface area contributed by atoms with Crippen LogP contribution in [-0.4, -0.2) is 63.2 Å². The maximum Gasteiger partial charge on any atom is 0.251 e. The summed E-state index contributed by atoms with van der Waals surface area (Å²) >= 11 is 5.90. The number of benzene rings is 2. The largest absolute Gasteiger partial charge is 0.489 e. The van der Waals surface area contributed by atoms with Gasteiger partial charge in [-0.15, -0.1) is 0 Å². The van der Waals surface area contributed by atoms with Gasteiger partial charge in [-0.05, 0) is 68.9 Å². The lowest BCUT2D eigenvalue weighted by molar-refractivity contribution is -0.123. The molecular formula is C33H32ClF2N5O6. The molecule has 5 N–H and O–H groups in total. The van der Waals surface area contributed by atoms with Crippen LogP contribution in [0.5, 0.6) is 11.5 Å². The molecule has 11 nitrogen and oxygen atoms in total. The third-order valence-corrected chi connectivity index (χ3v) is 9.59. The van der Waals surface area contributed by atoms with Gasteiger partial charge in [0.15, 0.2) is 5.82 Å². The number of hydrogen-bond acceptors (Lipinski definition) is 8. The number of carbonyl (C=O) groups is 2. The number of ether oxygens (including phenoxy) is 2. The molecule has 3 heterocycles. The first-order valence-corrected chi connectivity index (χ1v) is 15.7. The van der Waals surface area contributed by atoms with Crippen molar-refractivity contribution >= 4 is 34.3 Å². The number of nitrogens with two attached hydrogens (primary N) is 1. The van der Waals surface area contributed by atoms with Gasteiger partial charge in [0.2, 0.25) is 5.91 Å². The van der Waals surface area contributed by atoms with Gasteiger partial charge < -0.3 is 30.7 Å². The summed E-state index contributed by atoms with van der Waals surface area (Å²) in [4.78, 5) is 30.9. The van der Waals surface area contributed by atoms with Crippen molar-refractivity contribution in [1.29, 1.82) is 0 Å². The average molecular weight is 668 g/mol. The van der Waals surface area contributed by atoms with E-state index in [0.29, 0.717) is 35.5 Å². The molecule has 2 aromatic heterocycles. The van der Waals surface area contributed by atoms with Crippen LogP contribution in [0.2, 0.25) is 5.02 Å². The summed E-state index contributed by atoms with van der Waals surface area (Å²) in [5, 5.41) is 28.9. The second kappa shape index (κ2) is 11.4. The van der Waals surface area contributed by atoms with Gasteiger partial charge in [0.1, 0.15) is 57.8 Å². The predicted octanol–water partition coefficient (Wildman–Crippen LogP) is 3.90. The van der Waals surface area contributed by atoms with Crippen molar-refractivity contribution in [1.82, 2.24) is 20.1 Å². The third-order valence-electron chi connectivity index (χ3n) is 9.24. The molecule has 2 atom stereocenters. The highest BCUT2D eigenvalue weighted by molar-refractivity contribution is 6.31. The lowest BCUT2D eigenvalue weighted by Crippen LogP contribution is -2.44. The van der Waals surface area contributed by atoms with Crippen molar-refractivity contribution in [2.24, 2.45) is 11.7 Å². The molecule has 0 bridgehead atoms. The SMILES string of the molecule is C[C@]1(C(N)=O)COc2c1cc([C@@](O)(CNC(=O)c1cc(OCCO)c3nn(C4CC4)cc3c1)C1CC1)nc2-c1ccc(F)c(Cl)c1F. The molecule has 2 aromatic carbocycles. The first kappa shape index (κ1) is 31.3. The first-order valence-electron chi connectivity index (χ1n) is 15.3. The Morgan fingerprint density at radius 3 is 2.68 bits per heavy atom. The molecule has 2 amide bonds. The van der Waals surface area contributed by atoms with Gasteiger partial charge in [-0.25, -0.2) is 13.8 Å². The number of aromatic nitrogens is 3. The second-order valence-electron chi connectivity index (χ2n) is 12.6. The Bertz CT molecular complexity index is 1950. The topological polar surface area (TPSA) is 162 Å². The highest BCUT2D eigenvalue weighted by atomic mass is 35.5. The Morgan fingerprint density at radius 2 is 2.00 bits per heavy atom. The second-order valence-corrected chi connectivity index (χ2v) is 13.0. The van der Waals surface area contributed by atoms with Crippen LogP contribution in [0.25, 0.3) is 22.2 Å². The zero-order chi connectivity index (χ0) is 33.2. The fourth-order valence-electron chi connectivity index (χ4n) is 6.07. The minimum absolute atomic E-state index is 0.0119. The average Bonchev–Trinajstić information content (AvgIpc) is 4.00. The number of primary amides is 1. The van der Waals surface area contributed by atoms with Crippen LogP contribution in [0, 0.1) is 17.6 Å². The van der Waals surface area contributed by atoms with Gasteiger partial charge in [-0.3, -0.25) is 14.3 Å². The van der Waals surface area contributed by atoms with Gasteiger partial charge in [-0.1, -0.05) is 11.6 Å². The molecule has 4 aromatic rings. The highest BCUT2D eigenvalue weighted by Crippen LogP contribution is 2.50. The molecule has 0 unspecified atom stereocenters. The Morgan fingerprint density at radius 1 is 1.23 bits per heavy atom. The van der Waals surface area contributed by atoms with E-state index < -0.39 is 39.5 Å². The Balaban J connectivity index is 1.26. The van der Waals surface area contributed by atoms with Crippen molar-refractivity contribution in [2.45, 2.75) is 49.7 Å². The zero-order valence-electron chi connectivity index (χ0n) is 25.4. The summed E-state index contributed by atoms with van der Waals surface area (Å²) in [6.45, 7) is 0.913. The number of nitrogens with zero attached hydrogens (tertiary/aromatic N) is 3. The van der Waals surface area contributed by atoms with E-state index in [1.807, 2.05) is 10.9 Å². The Labute approximate surface area is 272 Å². The molecule has 2 aliphatic carbocycles. The van der Waals surface area contributed by atoms with Crippen molar-refractivity contribution in [2.75, 3.05) is 26.4 Å². The van der Waals surface area contributed by atoms with Gasteiger partial charge >= 0.3 is 0 Å². The Hall–Kier alpha value is -4.33. The van der Waals surface area contributed by atoms with E-state index in [0.717, 1.165) is 25.0 Å². The summed E-state index contributed by atoms with van der Waals surface area (Å²) < 4.78 is 42.9. The first-order chi connectivity index (χ1) is 22.4. The van der Waals surface area contributed by atoms with Crippen LogP contribution >= 0.6 is 11.6 Å². The monoisotopic (exact) mass is 667 g/mol. The predicted molar refractivity (Wildman–Crippen MR) is 166 cm³/mol. The number of amides is 2. The number of aliphatic hydroxyl groups excluding tert-OH is 1. The molecule has 2 fully saturated rings. The van der Waals surface area contributed by atoms with Gasteiger partial charge in [0, 0.05) is 28.3 Å². The van der Waals surface area contributed by atoms with Crippen LogP contribution in [-0.2, 0) is 15.8 Å². The molecule has 0 radical (unpaired) electrons. The Kier molecular flexibility index (Phi) is 7.60. The molecule has 47 heavy (non-hydrogen) atoms. The summed E-state index contributed by atoms with van der Waals surface area (Å²) in [6, 6.07) is 7.16. The number of halogens is 3. The van der Waals surface area contributed by atoms with E-state index in [-0.39, 0.29) is 66.1 Å². The number of aliphatic hydroxyl groups is 2. The molecule has 14 heteroatoms. The summed E-state index contributed by atoms with van der Waals surface area (Å²) in [5.74, 6) is -3.19. The van der Waals surface area contributed by atoms with Crippen molar-refractivity contribution in [3.63, 3.8) is 0 Å². The van der Waals surface area contributed by atoms with Crippen molar-refractivity contribution < 1.29 is 38.1 Å². The standard InChI is InChI=1S/C33H32ClF2N5O6/c1-32(31(37)44)15-47-29-21(32)12-24(39-28(29)20-6-7-22(35)25(34)26(20)36)33(45,18-2-3-18)14-38-30(43)16-10-17-13-41(19-4-5-19)40-27(17)23(11-16)46-9-8-42/h6-7,10-13,18-19,42,45H,2-5,8-9,14-15H2,1H3,(H2,37,44)(H,38,43)/t32-,33+/m0/s1. The van der Waals surface area contributed by atoms with E-state index in [9.17, 15) is 24.2 Å². The van der Waals surface area contributed by atoms with E-state index in [1.54, 1.807) is 13.0 Å². The number of rotatable bonds is 11. The molecule has 2 saturated carbocycles. The van der Waals surface area contributed by atoms with Crippen molar-refractivity contribution in [3.05, 3.63) is 70.0 Å². The van der Waals surface area contributed by atoms with Crippen LogP contribution < -0.4 is 20.5 Å². The normalized spacial score (nSPS) is 20.0. The van der Waals surface area contributed by atoms with Gasteiger partial charge in [0.05, 0.1) is 24.9 Å². The molecule has 3 aliphatic rings. The number of hydrogen-bond donors (Lipinski definition) is 4. The maximum atomic E-state index is 15.4. The molecular weight excluding hydrogens is 636 g/mol. The number of carbonyl (C=O) groups excluding carboxylic acids is 2. The quantitative estimate of drug-likeness (QED) is 0.175. The molecule has 246 valence electrons. The van der Waals surface area contributed by atoms with Crippen LogP contribution in [0.15, 0.2) is 36.5 Å². The lowest BCUT2D eigenvalue weighted by Gasteiger charge is -2.30. The summed E-state index contributed by atoms with van der Waals surface area (Å²) in [6.07, 6.45) is 5.11. The summed E-state index contributed by atoms with van der Waals surface area (Å²) in [7, 11) is 0. The fraction of sp³-hybridized carbons (Fsp3) is 0.394. The highest BCUT2D eigenvalue weighted by Gasteiger charge is 2.50. The lowest BCUT2D eigenvalue weighted by atomic mass is 9.81. The van der Waals surface area contributed by atoms with Gasteiger partial charge in [-0.2, -0.15) is 5.10 Å². The number of nitrogens with one attached hydrogen (secondary N) is 1. The molecule has 0 saturated heterocycles. The van der Waals surface area contributed by atoms with E-state index in [2.05, 4.69) is 15.4 Å². The van der Waals surface area contributed by atoms with Gasteiger partial charge in [0.25, 0.3) is 5.91 Å². The van der Waals surface area contributed by atoms with E-state index in [1.165, 1.54) is 12.1 Å². The minimum atomic E-state index is -1.75. The summed E-state index contributed by atoms with van der Waals surface area (Å²) in [5.41, 5.74) is 3.55. The molecule has 1 aliphatic heterocycles.